The minimum absolute atomic E-state index is 0.119. The molecule has 2 heteroatoms. The van der Waals surface area contributed by atoms with Crippen molar-refractivity contribution < 1.29 is 4.74 Å². The summed E-state index contributed by atoms with van der Waals surface area (Å²) in [5.74, 6) is 0.941. The summed E-state index contributed by atoms with van der Waals surface area (Å²) in [5, 5.41) is 0. The maximum atomic E-state index is 6.23. The topological polar surface area (TPSA) is 12.5 Å². The van der Waals surface area contributed by atoms with Gasteiger partial charge in [-0.05, 0) is 43.8 Å². The van der Waals surface area contributed by atoms with E-state index < -0.39 is 0 Å². The van der Waals surface area contributed by atoms with E-state index in [4.69, 9.17) is 4.74 Å². The van der Waals surface area contributed by atoms with Crippen molar-refractivity contribution in [2.24, 2.45) is 0 Å². The van der Waals surface area contributed by atoms with E-state index in [-0.39, 0.29) is 6.10 Å². The highest BCUT2D eigenvalue weighted by atomic mass is 16.5. The van der Waals surface area contributed by atoms with Crippen LogP contribution in [0.15, 0.2) is 54.6 Å². The largest absolute Gasteiger partial charge is 0.484 e. The molecule has 0 N–H and O–H groups in total. The van der Waals surface area contributed by atoms with E-state index in [2.05, 4.69) is 43.3 Å². The Morgan fingerprint density at radius 1 is 0.947 bits per heavy atom. The number of fused-ring (bicyclic) bond motifs is 1. The predicted octanol–water partition coefficient (Wildman–Crippen LogP) is 3.29. The van der Waals surface area contributed by atoms with Gasteiger partial charge in [0.05, 0.1) is 6.04 Å². The number of hydrogen-bond acceptors (Lipinski definition) is 2. The molecule has 1 aliphatic carbocycles. The van der Waals surface area contributed by atoms with Gasteiger partial charge in [-0.1, -0.05) is 42.5 Å². The van der Waals surface area contributed by atoms with Crippen molar-refractivity contribution in [2.45, 2.75) is 18.6 Å². The molecule has 0 unspecified atom stereocenters. The van der Waals surface area contributed by atoms with Gasteiger partial charge in [0.15, 0.2) is 0 Å². The first kappa shape index (κ1) is 12.2. The number of nitrogens with zero attached hydrogens (tertiary/aromatic N) is 1. The summed E-state index contributed by atoms with van der Waals surface area (Å²) < 4.78 is 6.23. The van der Waals surface area contributed by atoms with Crippen LogP contribution in [-0.2, 0) is 6.42 Å². The fourth-order valence-electron chi connectivity index (χ4n) is 2.78. The second-order valence-corrected chi connectivity index (χ2v) is 5.29. The van der Waals surface area contributed by atoms with Crippen molar-refractivity contribution in [3.8, 4) is 5.75 Å². The lowest BCUT2D eigenvalue weighted by molar-refractivity contribution is 0.111. The molecule has 2 aromatic carbocycles. The van der Waals surface area contributed by atoms with Gasteiger partial charge in [0, 0.05) is 0 Å². The fraction of sp³-hybridized carbons (Fsp3) is 0.294. The van der Waals surface area contributed by atoms with E-state index in [1.165, 1.54) is 11.1 Å². The Morgan fingerprint density at radius 3 is 2.37 bits per heavy atom. The first-order valence-corrected chi connectivity index (χ1v) is 6.71. The van der Waals surface area contributed by atoms with Crippen LogP contribution in [0.2, 0.25) is 0 Å². The van der Waals surface area contributed by atoms with Gasteiger partial charge in [0.1, 0.15) is 11.9 Å². The van der Waals surface area contributed by atoms with Gasteiger partial charge >= 0.3 is 0 Å². The van der Waals surface area contributed by atoms with Crippen LogP contribution in [0, 0.1) is 0 Å². The number of rotatable bonds is 3. The van der Waals surface area contributed by atoms with Gasteiger partial charge in [-0.25, -0.2) is 0 Å². The van der Waals surface area contributed by atoms with E-state index in [0.717, 1.165) is 12.2 Å². The lowest BCUT2D eigenvalue weighted by Crippen LogP contribution is -2.34. The third-order valence-electron chi connectivity index (χ3n) is 3.81. The molecule has 0 aliphatic heterocycles. The Labute approximate surface area is 114 Å². The molecule has 0 bridgehead atoms. The molecule has 0 spiro atoms. The van der Waals surface area contributed by atoms with Crippen LogP contribution < -0.4 is 4.74 Å². The molecule has 0 saturated carbocycles. The SMILES string of the molecule is CN(C)[C@H]1Cc2ccccc2[C@@H]1Oc1ccccc1. The van der Waals surface area contributed by atoms with E-state index >= 15 is 0 Å². The van der Waals surface area contributed by atoms with Crippen LogP contribution in [0.1, 0.15) is 17.2 Å². The molecule has 0 radical (unpaired) electrons. The molecule has 2 aromatic rings. The van der Waals surface area contributed by atoms with Crippen LogP contribution in [0.4, 0.5) is 0 Å². The maximum Gasteiger partial charge on any atom is 0.140 e. The van der Waals surface area contributed by atoms with Gasteiger partial charge in [-0.2, -0.15) is 0 Å². The Bertz CT molecular complexity index is 550. The predicted molar refractivity (Wildman–Crippen MR) is 77.4 cm³/mol. The zero-order valence-electron chi connectivity index (χ0n) is 11.4. The Balaban J connectivity index is 1.92. The number of hydrogen-bond donors (Lipinski definition) is 0. The van der Waals surface area contributed by atoms with Gasteiger partial charge < -0.3 is 9.64 Å². The maximum absolute atomic E-state index is 6.23. The first-order valence-electron chi connectivity index (χ1n) is 6.71. The summed E-state index contributed by atoms with van der Waals surface area (Å²) in [6, 6.07) is 19.1. The van der Waals surface area contributed by atoms with Crippen LogP contribution in [0.3, 0.4) is 0 Å². The number of para-hydroxylation sites is 1. The molecule has 0 amide bonds. The summed E-state index contributed by atoms with van der Waals surface area (Å²) in [6.07, 6.45) is 1.18. The summed E-state index contributed by atoms with van der Waals surface area (Å²) in [6.45, 7) is 0. The zero-order valence-corrected chi connectivity index (χ0v) is 11.4. The molecule has 0 heterocycles. The molecule has 2 atom stereocenters. The summed E-state index contributed by atoms with van der Waals surface area (Å²) >= 11 is 0. The summed E-state index contributed by atoms with van der Waals surface area (Å²) in [5.41, 5.74) is 2.73. The second-order valence-electron chi connectivity index (χ2n) is 5.29. The lowest BCUT2D eigenvalue weighted by atomic mass is 10.1. The highest BCUT2D eigenvalue weighted by molar-refractivity contribution is 5.37. The van der Waals surface area contributed by atoms with Crippen molar-refractivity contribution in [3.05, 3.63) is 65.7 Å². The molecule has 1 aliphatic rings. The quantitative estimate of drug-likeness (QED) is 0.832. The Kier molecular flexibility index (Phi) is 3.26. The van der Waals surface area contributed by atoms with Crippen LogP contribution in [-0.4, -0.2) is 25.0 Å². The average molecular weight is 253 g/mol. The minimum Gasteiger partial charge on any atom is -0.484 e. The van der Waals surface area contributed by atoms with E-state index in [9.17, 15) is 0 Å². The molecule has 3 rings (SSSR count). The molecule has 98 valence electrons. The number of ether oxygens (including phenoxy) is 1. The van der Waals surface area contributed by atoms with Gasteiger partial charge in [0.2, 0.25) is 0 Å². The third-order valence-corrected chi connectivity index (χ3v) is 3.81. The highest BCUT2D eigenvalue weighted by Crippen LogP contribution is 2.36. The average Bonchev–Trinajstić information content (AvgIpc) is 2.79. The van der Waals surface area contributed by atoms with Crippen molar-refractivity contribution in [2.75, 3.05) is 14.1 Å². The zero-order chi connectivity index (χ0) is 13.2. The fourth-order valence-corrected chi connectivity index (χ4v) is 2.78. The Hall–Kier alpha value is -1.80. The molecular weight excluding hydrogens is 234 g/mol. The van der Waals surface area contributed by atoms with Crippen molar-refractivity contribution in [3.63, 3.8) is 0 Å². The van der Waals surface area contributed by atoms with E-state index in [1.807, 2.05) is 30.3 Å². The summed E-state index contributed by atoms with van der Waals surface area (Å²) in [4.78, 5) is 2.26. The molecule has 0 saturated heterocycles. The lowest BCUT2D eigenvalue weighted by Gasteiger charge is -2.27. The Morgan fingerprint density at radius 2 is 1.63 bits per heavy atom. The minimum atomic E-state index is 0.119. The normalized spacial score (nSPS) is 21.4. The smallest absolute Gasteiger partial charge is 0.140 e. The number of likely N-dealkylation sites (N-methyl/N-ethyl adjacent to an activating group) is 1. The molecule has 0 aromatic heterocycles. The van der Waals surface area contributed by atoms with Gasteiger partial charge in [0.25, 0.3) is 0 Å². The molecule has 2 nitrogen and oxygen atoms in total. The first-order chi connectivity index (χ1) is 9.25. The van der Waals surface area contributed by atoms with E-state index in [0.29, 0.717) is 6.04 Å². The second kappa shape index (κ2) is 5.06. The van der Waals surface area contributed by atoms with Crippen LogP contribution in [0.5, 0.6) is 5.75 Å². The van der Waals surface area contributed by atoms with Crippen LogP contribution >= 0.6 is 0 Å². The van der Waals surface area contributed by atoms with Crippen LogP contribution in [0.25, 0.3) is 0 Å². The number of benzene rings is 2. The summed E-state index contributed by atoms with van der Waals surface area (Å²) in [7, 11) is 4.25. The highest BCUT2D eigenvalue weighted by Gasteiger charge is 2.35. The molecular formula is C17H19NO. The third kappa shape index (κ3) is 2.36. The standard InChI is InChI=1S/C17H19NO/c1-18(2)16-12-13-8-6-7-11-15(13)17(16)19-14-9-4-3-5-10-14/h3-11,16-17H,12H2,1-2H3/t16-,17-/m0/s1. The van der Waals surface area contributed by atoms with E-state index in [1.54, 1.807) is 0 Å². The van der Waals surface area contributed by atoms with Crippen molar-refractivity contribution >= 4 is 0 Å². The molecule has 0 fully saturated rings. The van der Waals surface area contributed by atoms with Gasteiger partial charge in [-0.15, -0.1) is 0 Å². The monoisotopic (exact) mass is 253 g/mol. The molecule has 19 heavy (non-hydrogen) atoms. The van der Waals surface area contributed by atoms with Crippen molar-refractivity contribution in [1.82, 2.24) is 4.90 Å². The van der Waals surface area contributed by atoms with Crippen molar-refractivity contribution in [1.29, 1.82) is 0 Å². The van der Waals surface area contributed by atoms with Gasteiger partial charge in [-0.3, -0.25) is 0 Å².